The Kier molecular flexibility index (Phi) is 5.78. The van der Waals surface area contributed by atoms with Crippen molar-refractivity contribution in [1.29, 1.82) is 0 Å². The quantitative estimate of drug-likeness (QED) is 0.536. The van der Waals surface area contributed by atoms with Crippen molar-refractivity contribution < 1.29 is 0 Å². The van der Waals surface area contributed by atoms with E-state index in [1.54, 1.807) is 0 Å². The average molecular weight is 315 g/mol. The molecule has 4 N–H and O–H groups in total. The van der Waals surface area contributed by atoms with Crippen LogP contribution in [0.2, 0.25) is 0 Å². The van der Waals surface area contributed by atoms with Gasteiger partial charge in [-0.25, -0.2) is 0 Å². The number of hydrogen-bond donors (Lipinski definition) is 2. The van der Waals surface area contributed by atoms with Crippen LogP contribution in [0.1, 0.15) is 30.9 Å². The molecule has 0 radical (unpaired) electrons. The monoisotopic (exact) mass is 314 g/mol. The van der Waals surface area contributed by atoms with Crippen LogP contribution in [-0.2, 0) is 0 Å². The summed E-state index contributed by atoms with van der Waals surface area (Å²) in [5.41, 5.74) is 13.4. The van der Waals surface area contributed by atoms with Crippen molar-refractivity contribution in [3.8, 4) is 0 Å². The molecule has 116 valence electrons. The molecule has 0 amide bonds. The summed E-state index contributed by atoms with van der Waals surface area (Å²) in [5.74, 6) is 0. The minimum Gasteiger partial charge on any atom is -0.330 e. The molecule has 0 spiro atoms. The van der Waals surface area contributed by atoms with Crippen LogP contribution in [0.3, 0.4) is 0 Å². The van der Waals surface area contributed by atoms with Crippen molar-refractivity contribution in [2.45, 2.75) is 25.3 Å². The summed E-state index contributed by atoms with van der Waals surface area (Å²) >= 11 is 0. The molecule has 0 fully saturated rings. The van der Waals surface area contributed by atoms with E-state index in [1.807, 2.05) is 0 Å². The van der Waals surface area contributed by atoms with E-state index in [2.05, 4.69) is 54.6 Å². The number of halogens is 1. The van der Waals surface area contributed by atoms with Gasteiger partial charge in [0.05, 0.1) is 0 Å². The van der Waals surface area contributed by atoms with E-state index in [9.17, 15) is 0 Å². The SMILES string of the molecule is Cl.NCCCC[C@@H](N)c1c2ccccc2cc2ccccc12. The van der Waals surface area contributed by atoms with Gasteiger partial charge < -0.3 is 11.5 Å². The summed E-state index contributed by atoms with van der Waals surface area (Å²) in [5, 5.41) is 5.08. The first kappa shape index (κ1) is 16.8. The molecular formula is C19H23ClN2. The van der Waals surface area contributed by atoms with E-state index in [0.717, 1.165) is 25.8 Å². The second-order valence-corrected chi connectivity index (χ2v) is 5.62. The highest BCUT2D eigenvalue weighted by Gasteiger charge is 2.13. The maximum Gasteiger partial charge on any atom is 0.0307 e. The van der Waals surface area contributed by atoms with Crippen LogP contribution < -0.4 is 11.5 Å². The molecule has 0 aliphatic heterocycles. The topological polar surface area (TPSA) is 52.0 Å². The Morgan fingerprint density at radius 1 is 0.818 bits per heavy atom. The third-order valence-electron chi connectivity index (χ3n) is 4.15. The van der Waals surface area contributed by atoms with Crippen LogP contribution in [0.4, 0.5) is 0 Å². The summed E-state index contributed by atoms with van der Waals surface area (Å²) in [4.78, 5) is 0. The predicted molar refractivity (Wildman–Crippen MR) is 98.5 cm³/mol. The van der Waals surface area contributed by atoms with Crippen molar-refractivity contribution in [2.24, 2.45) is 11.5 Å². The molecule has 0 saturated heterocycles. The number of hydrogen-bond acceptors (Lipinski definition) is 2. The summed E-state index contributed by atoms with van der Waals surface area (Å²) in [6.45, 7) is 0.739. The Balaban J connectivity index is 0.00000176. The fourth-order valence-electron chi connectivity index (χ4n) is 3.10. The zero-order chi connectivity index (χ0) is 14.7. The fourth-order valence-corrected chi connectivity index (χ4v) is 3.10. The highest BCUT2D eigenvalue weighted by Crippen LogP contribution is 2.33. The average Bonchev–Trinajstić information content (AvgIpc) is 2.52. The minimum absolute atomic E-state index is 0. The molecular weight excluding hydrogens is 292 g/mol. The number of nitrogens with two attached hydrogens (primary N) is 2. The van der Waals surface area contributed by atoms with E-state index in [-0.39, 0.29) is 18.4 Å². The standard InChI is InChI=1S/C19H22N2.ClH/c20-12-6-5-11-18(21)19-16-9-3-1-7-14(16)13-15-8-2-4-10-17(15)19;/h1-4,7-10,13,18H,5-6,11-12,20-21H2;1H/t18-;/m1./s1. The molecule has 3 heteroatoms. The highest BCUT2D eigenvalue weighted by atomic mass is 35.5. The smallest absolute Gasteiger partial charge is 0.0307 e. The first-order valence-electron chi connectivity index (χ1n) is 7.67. The fraction of sp³-hybridized carbons (Fsp3) is 0.263. The number of unbranched alkanes of at least 4 members (excludes halogenated alkanes) is 1. The van der Waals surface area contributed by atoms with Gasteiger partial charge in [0.15, 0.2) is 0 Å². The van der Waals surface area contributed by atoms with Gasteiger partial charge in [-0.3, -0.25) is 0 Å². The Labute approximate surface area is 137 Å². The van der Waals surface area contributed by atoms with Crippen LogP contribution in [0.15, 0.2) is 54.6 Å². The summed E-state index contributed by atoms with van der Waals surface area (Å²) in [6.07, 6.45) is 3.10. The molecule has 0 unspecified atom stereocenters. The minimum atomic E-state index is 0. The molecule has 0 aromatic heterocycles. The van der Waals surface area contributed by atoms with Crippen LogP contribution in [0.25, 0.3) is 21.5 Å². The number of fused-ring (bicyclic) bond motifs is 2. The zero-order valence-corrected chi connectivity index (χ0v) is 13.5. The molecule has 3 aromatic rings. The molecule has 3 aromatic carbocycles. The van der Waals surface area contributed by atoms with Crippen molar-refractivity contribution >= 4 is 34.0 Å². The van der Waals surface area contributed by atoms with E-state index >= 15 is 0 Å². The maximum absolute atomic E-state index is 6.53. The summed E-state index contributed by atoms with van der Waals surface area (Å²) < 4.78 is 0. The lowest BCUT2D eigenvalue weighted by Crippen LogP contribution is -2.12. The third-order valence-corrected chi connectivity index (χ3v) is 4.15. The first-order chi connectivity index (χ1) is 10.3. The van der Waals surface area contributed by atoms with Gasteiger partial charge in [0.1, 0.15) is 0 Å². The second kappa shape index (κ2) is 7.59. The van der Waals surface area contributed by atoms with Gasteiger partial charge >= 0.3 is 0 Å². The van der Waals surface area contributed by atoms with Gasteiger partial charge in [-0.15, -0.1) is 12.4 Å². The summed E-state index contributed by atoms with van der Waals surface area (Å²) in [7, 11) is 0. The van der Waals surface area contributed by atoms with Crippen molar-refractivity contribution in [3.05, 3.63) is 60.2 Å². The normalized spacial score (nSPS) is 12.3. The molecule has 0 saturated carbocycles. The molecule has 0 aliphatic rings. The van der Waals surface area contributed by atoms with Crippen LogP contribution in [0.5, 0.6) is 0 Å². The molecule has 0 aliphatic carbocycles. The molecule has 3 rings (SSSR count). The second-order valence-electron chi connectivity index (χ2n) is 5.62. The largest absolute Gasteiger partial charge is 0.330 e. The van der Waals surface area contributed by atoms with Crippen LogP contribution in [0, 0.1) is 0 Å². The van der Waals surface area contributed by atoms with Gasteiger partial charge in [-0.1, -0.05) is 55.0 Å². The lowest BCUT2D eigenvalue weighted by Gasteiger charge is -2.18. The Morgan fingerprint density at radius 2 is 1.36 bits per heavy atom. The Hall–Kier alpha value is -1.61. The van der Waals surface area contributed by atoms with Crippen molar-refractivity contribution in [2.75, 3.05) is 6.54 Å². The maximum atomic E-state index is 6.53. The summed E-state index contributed by atoms with van der Waals surface area (Å²) in [6, 6.07) is 19.4. The lowest BCUT2D eigenvalue weighted by molar-refractivity contribution is 0.596. The molecule has 0 heterocycles. The van der Waals surface area contributed by atoms with Crippen LogP contribution >= 0.6 is 12.4 Å². The van der Waals surface area contributed by atoms with E-state index in [1.165, 1.54) is 27.1 Å². The van der Waals surface area contributed by atoms with Gasteiger partial charge in [0.2, 0.25) is 0 Å². The van der Waals surface area contributed by atoms with E-state index in [0.29, 0.717) is 0 Å². The van der Waals surface area contributed by atoms with Crippen molar-refractivity contribution in [1.82, 2.24) is 0 Å². The molecule has 22 heavy (non-hydrogen) atoms. The van der Waals surface area contributed by atoms with E-state index < -0.39 is 0 Å². The predicted octanol–water partition coefficient (Wildman–Crippen LogP) is 4.54. The third kappa shape index (κ3) is 3.25. The van der Waals surface area contributed by atoms with Gasteiger partial charge in [-0.2, -0.15) is 0 Å². The zero-order valence-electron chi connectivity index (χ0n) is 12.7. The number of benzene rings is 3. The first-order valence-corrected chi connectivity index (χ1v) is 7.67. The molecule has 2 nitrogen and oxygen atoms in total. The van der Waals surface area contributed by atoms with Crippen LogP contribution in [-0.4, -0.2) is 6.54 Å². The molecule has 1 atom stereocenters. The lowest BCUT2D eigenvalue weighted by atomic mass is 9.90. The highest BCUT2D eigenvalue weighted by molar-refractivity contribution is 6.02. The Bertz CT molecular complexity index is 701. The van der Waals surface area contributed by atoms with E-state index in [4.69, 9.17) is 11.5 Å². The number of rotatable bonds is 5. The molecule has 0 bridgehead atoms. The van der Waals surface area contributed by atoms with Gasteiger partial charge in [0, 0.05) is 6.04 Å². The van der Waals surface area contributed by atoms with Gasteiger partial charge in [-0.05, 0) is 52.6 Å². The Morgan fingerprint density at radius 3 is 1.91 bits per heavy atom. The van der Waals surface area contributed by atoms with Gasteiger partial charge in [0.25, 0.3) is 0 Å². The van der Waals surface area contributed by atoms with Crippen molar-refractivity contribution in [3.63, 3.8) is 0 Å².